The molecule has 1 N–H and O–H groups in total. The molecule has 7 nitrogen and oxygen atoms in total. The molecule has 0 bridgehead atoms. The Morgan fingerprint density at radius 2 is 1.88 bits per heavy atom. The van der Waals surface area contributed by atoms with Crippen molar-refractivity contribution in [3.63, 3.8) is 0 Å². The average molecular weight is 457 g/mol. The van der Waals surface area contributed by atoms with Crippen LogP contribution in [0.1, 0.15) is 30.9 Å². The van der Waals surface area contributed by atoms with Crippen molar-refractivity contribution in [2.45, 2.75) is 44.8 Å². The van der Waals surface area contributed by atoms with E-state index >= 15 is 0 Å². The molecule has 2 heterocycles. The fourth-order valence-electron chi connectivity index (χ4n) is 4.31. The lowest BCUT2D eigenvalue weighted by molar-refractivity contribution is -0.134. The number of ether oxygens (including phenoxy) is 1. The van der Waals surface area contributed by atoms with Crippen molar-refractivity contribution in [1.82, 2.24) is 10.2 Å². The third kappa shape index (κ3) is 4.81. The van der Waals surface area contributed by atoms with Crippen LogP contribution in [-0.2, 0) is 22.4 Å². The average Bonchev–Trinajstić information content (AvgIpc) is 3.01. The molecular weight excluding hydrogens is 432 g/mol. The second kappa shape index (κ2) is 9.17. The first-order chi connectivity index (χ1) is 15.8. The van der Waals surface area contributed by atoms with Crippen molar-refractivity contribution >= 4 is 23.5 Å². The smallest absolute Gasteiger partial charge is 0.387 e. The lowest BCUT2D eigenvalue weighted by atomic mass is 9.93. The summed E-state index contributed by atoms with van der Waals surface area (Å²) in [6.07, 6.45) is 2.43. The molecule has 0 spiro atoms. The van der Waals surface area contributed by atoms with Crippen molar-refractivity contribution in [2.75, 3.05) is 18.0 Å². The fourth-order valence-corrected chi connectivity index (χ4v) is 4.31. The third-order valence-electron chi connectivity index (χ3n) is 6.11. The number of carbonyl (C=O) groups is 3. The molecular formula is C24H25F2N3O4. The summed E-state index contributed by atoms with van der Waals surface area (Å²) in [6, 6.07) is 13.2. The number of para-hydroxylation sites is 1. The summed E-state index contributed by atoms with van der Waals surface area (Å²) in [5.74, 6) is -0.706. The number of hydrogen-bond donors (Lipinski definition) is 1. The molecule has 33 heavy (non-hydrogen) atoms. The van der Waals surface area contributed by atoms with Crippen molar-refractivity contribution in [2.24, 2.45) is 0 Å². The van der Waals surface area contributed by atoms with Gasteiger partial charge in [0.05, 0.1) is 0 Å². The molecule has 0 unspecified atom stereocenters. The molecule has 0 radical (unpaired) electrons. The van der Waals surface area contributed by atoms with E-state index in [9.17, 15) is 23.2 Å². The predicted octanol–water partition coefficient (Wildman–Crippen LogP) is 3.51. The Bertz CT molecular complexity index is 1060. The second-order valence-corrected chi connectivity index (χ2v) is 8.45. The monoisotopic (exact) mass is 457 g/mol. The number of alkyl halides is 2. The van der Waals surface area contributed by atoms with Gasteiger partial charge >= 0.3 is 12.6 Å². The maximum atomic E-state index is 13.1. The molecule has 1 atom stereocenters. The summed E-state index contributed by atoms with van der Waals surface area (Å²) >= 11 is 0. The number of amides is 4. The topological polar surface area (TPSA) is 79.0 Å². The number of urea groups is 1. The highest BCUT2D eigenvalue weighted by atomic mass is 19.3. The van der Waals surface area contributed by atoms with E-state index in [2.05, 4.69) is 10.1 Å². The van der Waals surface area contributed by atoms with Gasteiger partial charge in [-0.05, 0) is 61.9 Å². The highest BCUT2D eigenvalue weighted by molar-refractivity contribution is 6.10. The van der Waals surface area contributed by atoms with Crippen LogP contribution in [-0.4, -0.2) is 48.0 Å². The number of nitrogens with one attached hydrogen (secondary N) is 1. The van der Waals surface area contributed by atoms with Gasteiger partial charge in [0.2, 0.25) is 5.91 Å². The Kier molecular flexibility index (Phi) is 6.31. The van der Waals surface area contributed by atoms with Gasteiger partial charge in [-0.25, -0.2) is 4.79 Å². The standard InChI is InChI=1S/C24H25F2N3O4/c1-24(13-12-16-8-10-18(11-9-16)33-22(25)26)21(31)29(23(32)27-24)15-20(30)28-14-4-6-17-5-2-3-7-19(17)28/h2-3,5,7-11,22H,4,6,12-15H2,1H3,(H,27,32)/t24-/m0/s1. The van der Waals surface area contributed by atoms with Gasteiger partial charge in [-0.15, -0.1) is 0 Å². The van der Waals surface area contributed by atoms with Crippen LogP contribution in [0.15, 0.2) is 48.5 Å². The zero-order chi connectivity index (χ0) is 23.6. The van der Waals surface area contributed by atoms with Gasteiger partial charge in [0, 0.05) is 12.2 Å². The normalized spacial score (nSPS) is 20.1. The quantitative estimate of drug-likeness (QED) is 0.646. The van der Waals surface area contributed by atoms with Crippen LogP contribution < -0.4 is 15.0 Å². The summed E-state index contributed by atoms with van der Waals surface area (Å²) in [5, 5.41) is 2.71. The second-order valence-electron chi connectivity index (χ2n) is 8.45. The van der Waals surface area contributed by atoms with Crippen molar-refractivity contribution in [3.8, 4) is 5.75 Å². The molecule has 1 saturated heterocycles. The molecule has 0 aliphatic carbocycles. The number of nitrogens with zero attached hydrogens (tertiary/aromatic N) is 2. The summed E-state index contributed by atoms with van der Waals surface area (Å²) in [7, 11) is 0. The maximum absolute atomic E-state index is 13.1. The number of hydrogen-bond acceptors (Lipinski definition) is 4. The highest BCUT2D eigenvalue weighted by Gasteiger charge is 2.48. The number of halogens is 2. The molecule has 0 saturated carbocycles. The molecule has 174 valence electrons. The third-order valence-corrected chi connectivity index (χ3v) is 6.11. The van der Waals surface area contributed by atoms with Crippen LogP contribution in [0.25, 0.3) is 0 Å². The van der Waals surface area contributed by atoms with Crippen molar-refractivity contribution in [3.05, 3.63) is 59.7 Å². The van der Waals surface area contributed by atoms with Crippen LogP contribution in [0.5, 0.6) is 5.75 Å². The lowest BCUT2D eigenvalue weighted by Gasteiger charge is -2.30. The molecule has 4 amide bonds. The van der Waals surface area contributed by atoms with Crippen LogP contribution in [0.3, 0.4) is 0 Å². The van der Waals surface area contributed by atoms with Gasteiger partial charge in [-0.1, -0.05) is 30.3 Å². The number of imide groups is 1. The molecule has 1 fully saturated rings. The molecule has 2 aromatic carbocycles. The molecule has 9 heteroatoms. The highest BCUT2D eigenvalue weighted by Crippen LogP contribution is 2.28. The minimum Gasteiger partial charge on any atom is -0.435 e. The number of carbonyl (C=O) groups excluding carboxylic acids is 3. The summed E-state index contributed by atoms with van der Waals surface area (Å²) in [4.78, 5) is 41.2. The Morgan fingerprint density at radius 1 is 1.15 bits per heavy atom. The van der Waals surface area contributed by atoms with Crippen molar-refractivity contribution in [1.29, 1.82) is 0 Å². The predicted molar refractivity (Wildman–Crippen MR) is 117 cm³/mol. The molecule has 2 aliphatic heterocycles. The largest absolute Gasteiger partial charge is 0.435 e. The zero-order valence-corrected chi connectivity index (χ0v) is 18.2. The van der Waals surface area contributed by atoms with E-state index < -0.39 is 24.1 Å². The Balaban J connectivity index is 1.39. The van der Waals surface area contributed by atoms with Crippen LogP contribution in [0.2, 0.25) is 0 Å². The number of rotatable bonds is 7. The molecule has 0 aromatic heterocycles. The Morgan fingerprint density at radius 3 is 2.61 bits per heavy atom. The molecule has 2 aromatic rings. The Labute approximate surface area is 190 Å². The minimum atomic E-state index is -2.90. The molecule has 2 aliphatic rings. The van der Waals surface area contributed by atoms with Crippen LogP contribution >= 0.6 is 0 Å². The minimum absolute atomic E-state index is 0.0502. The van der Waals surface area contributed by atoms with E-state index in [1.54, 1.807) is 24.0 Å². The summed E-state index contributed by atoms with van der Waals surface area (Å²) in [5.41, 5.74) is 1.54. The zero-order valence-electron chi connectivity index (χ0n) is 18.2. The van der Waals surface area contributed by atoms with Gasteiger partial charge in [0.25, 0.3) is 5.91 Å². The van der Waals surface area contributed by atoms with Gasteiger partial charge in [0.1, 0.15) is 17.8 Å². The van der Waals surface area contributed by atoms with E-state index in [0.717, 1.165) is 34.6 Å². The number of aryl methyl sites for hydroxylation is 2. The number of fused-ring (bicyclic) bond motifs is 1. The first-order valence-electron chi connectivity index (χ1n) is 10.8. The van der Waals surface area contributed by atoms with Gasteiger partial charge in [-0.2, -0.15) is 8.78 Å². The van der Waals surface area contributed by atoms with Gasteiger partial charge in [-0.3, -0.25) is 14.5 Å². The summed E-state index contributed by atoms with van der Waals surface area (Å²) < 4.78 is 28.9. The number of benzene rings is 2. The summed E-state index contributed by atoms with van der Waals surface area (Å²) in [6.45, 7) is -1.05. The van der Waals surface area contributed by atoms with Crippen molar-refractivity contribution < 1.29 is 27.9 Å². The SMILES string of the molecule is C[C@@]1(CCc2ccc(OC(F)F)cc2)NC(=O)N(CC(=O)N2CCCc3ccccc32)C1=O. The van der Waals surface area contributed by atoms with E-state index in [0.29, 0.717) is 19.4 Å². The van der Waals surface area contributed by atoms with E-state index in [1.807, 2.05) is 24.3 Å². The maximum Gasteiger partial charge on any atom is 0.387 e. The van der Waals surface area contributed by atoms with E-state index in [1.165, 1.54) is 12.1 Å². The van der Waals surface area contributed by atoms with Gasteiger partial charge < -0.3 is 15.0 Å². The first kappa shape index (κ1) is 22.7. The van der Waals surface area contributed by atoms with E-state index in [4.69, 9.17) is 0 Å². The fraction of sp³-hybridized carbons (Fsp3) is 0.375. The number of anilines is 1. The Hall–Kier alpha value is -3.49. The molecule has 4 rings (SSSR count). The first-order valence-corrected chi connectivity index (χ1v) is 10.8. The van der Waals surface area contributed by atoms with Gasteiger partial charge in [0.15, 0.2) is 0 Å². The lowest BCUT2D eigenvalue weighted by Crippen LogP contribution is -2.47. The van der Waals surface area contributed by atoms with Crippen LogP contribution in [0, 0.1) is 0 Å². The van der Waals surface area contributed by atoms with E-state index in [-0.39, 0.29) is 18.2 Å². The van der Waals surface area contributed by atoms with Crippen LogP contribution in [0.4, 0.5) is 19.3 Å².